The van der Waals surface area contributed by atoms with Gasteiger partial charge in [-0.05, 0) is 71.9 Å². The van der Waals surface area contributed by atoms with E-state index in [1.807, 2.05) is 12.1 Å². The molecule has 152 valence electrons. The molecule has 0 unspecified atom stereocenters. The Morgan fingerprint density at radius 2 is 2.03 bits per heavy atom. The number of carbonyl (C=O) groups excluding carboxylic acids is 3. The van der Waals surface area contributed by atoms with Gasteiger partial charge in [0, 0.05) is 16.0 Å². The molecule has 2 amide bonds. The molecule has 3 rings (SSSR count). The number of esters is 1. The van der Waals surface area contributed by atoms with E-state index in [0.29, 0.717) is 20.3 Å². The fraction of sp³-hybridized carbons (Fsp3) is 0.211. The van der Waals surface area contributed by atoms with Crippen LogP contribution in [-0.2, 0) is 14.3 Å². The number of hydrogen-bond acceptors (Lipinski definition) is 7. The van der Waals surface area contributed by atoms with Crippen molar-refractivity contribution >= 4 is 74.2 Å². The fourth-order valence-electron chi connectivity index (χ4n) is 2.31. The van der Waals surface area contributed by atoms with Crippen LogP contribution < -0.4 is 0 Å². The highest BCUT2D eigenvalue weighted by atomic mass is 79.9. The largest absolute Gasteiger partial charge is 0.462 e. The van der Waals surface area contributed by atoms with Crippen LogP contribution in [0.4, 0.5) is 4.79 Å². The van der Waals surface area contributed by atoms with Crippen molar-refractivity contribution in [2.45, 2.75) is 29.9 Å². The van der Waals surface area contributed by atoms with Crippen molar-refractivity contribution in [2.75, 3.05) is 6.54 Å². The summed E-state index contributed by atoms with van der Waals surface area (Å²) >= 11 is 11.5. The molecule has 1 fully saturated rings. The van der Waals surface area contributed by atoms with E-state index in [-0.39, 0.29) is 11.0 Å². The molecule has 0 aliphatic carbocycles. The first kappa shape index (κ1) is 22.0. The summed E-state index contributed by atoms with van der Waals surface area (Å²) in [5, 5.41) is 0.711. The summed E-state index contributed by atoms with van der Waals surface area (Å²) in [7, 11) is 0. The van der Waals surface area contributed by atoms with Gasteiger partial charge in [0.2, 0.25) is 0 Å². The van der Waals surface area contributed by atoms with E-state index in [1.54, 1.807) is 32.0 Å². The first-order valence-electron chi connectivity index (χ1n) is 8.40. The van der Waals surface area contributed by atoms with Crippen molar-refractivity contribution in [3.63, 3.8) is 0 Å². The number of amides is 2. The molecule has 1 aliphatic rings. The first-order chi connectivity index (χ1) is 13.7. The second kappa shape index (κ2) is 9.42. The number of carbonyl (C=O) groups is 3. The van der Waals surface area contributed by atoms with Crippen LogP contribution in [0.2, 0.25) is 5.02 Å². The van der Waals surface area contributed by atoms with Crippen molar-refractivity contribution in [1.82, 2.24) is 4.90 Å². The Hall–Kier alpha value is -1.68. The predicted molar refractivity (Wildman–Crippen MR) is 116 cm³/mol. The molecule has 1 aliphatic heterocycles. The molecule has 6 nitrogen and oxygen atoms in total. The summed E-state index contributed by atoms with van der Waals surface area (Å²) in [5.41, 5.74) is 0. The standard InChI is InChI=1S/C19H15BrClNO5S2/c1-10(2)26-16(23)9-22-17(24)15(29-19(22)25)8-12-7-14(20)18(27-12)28-13-5-3-11(21)4-6-13/h3-8,10H,9H2,1-2H3/b15-8+. The lowest BCUT2D eigenvalue weighted by Gasteiger charge is -2.13. The number of halogens is 2. The zero-order valence-corrected chi connectivity index (χ0v) is 19.3. The van der Waals surface area contributed by atoms with Crippen molar-refractivity contribution in [3.05, 3.63) is 50.5 Å². The highest BCUT2D eigenvalue weighted by Crippen LogP contribution is 2.38. The van der Waals surface area contributed by atoms with Crippen LogP contribution in [0.15, 0.2) is 54.1 Å². The molecule has 2 aromatic rings. The summed E-state index contributed by atoms with van der Waals surface area (Å²) in [6, 6.07) is 9.00. The maximum Gasteiger partial charge on any atom is 0.326 e. The first-order valence-corrected chi connectivity index (χ1v) is 11.2. The number of furan rings is 1. The molecule has 0 bridgehead atoms. The molecule has 10 heteroatoms. The third-order valence-electron chi connectivity index (χ3n) is 3.50. The molecule has 1 saturated heterocycles. The third kappa shape index (κ3) is 5.69. The van der Waals surface area contributed by atoms with E-state index in [2.05, 4.69) is 15.9 Å². The SMILES string of the molecule is CC(C)OC(=O)CN1C(=O)S/C(=C/c2cc(Br)c(Sc3ccc(Cl)cc3)o2)C1=O. The van der Waals surface area contributed by atoms with Crippen molar-refractivity contribution < 1.29 is 23.5 Å². The van der Waals surface area contributed by atoms with Gasteiger partial charge in [0.15, 0.2) is 5.09 Å². The maximum atomic E-state index is 12.5. The van der Waals surface area contributed by atoms with Crippen LogP contribution in [0.1, 0.15) is 19.6 Å². The topological polar surface area (TPSA) is 76.8 Å². The number of imide groups is 1. The smallest absolute Gasteiger partial charge is 0.326 e. The summed E-state index contributed by atoms with van der Waals surface area (Å²) in [6.07, 6.45) is 1.16. The van der Waals surface area contributed by atoms with E-state index in [1.165, 1.54) is 17.8 Å². The molecule has 0 atom stereocenters. The molecule has 0 N–H and O–H groups in total. The van der Waals surface area contributed by atoms with E-state index in [4.69, 9.17) is 20.8 Å². The molecule has 2 heterocycles. The minimum atomic E-state index is -0.633. The van der Waals surface area contributed by atoms with E-state index in [9.17, 15) is 14.4 Å². The summed E-state index contributed by atoms with van der Waals surface area (Å²) in [5.74, 6) is -0.783. The molecular weight excluding hydrogens is 502 g/mol. The minimum absolute atomic E-state index is 0.177. The molecule has 1 aromatic heterocycles. The normalized spacial score (nSPS) is 15.6. The van der Waals surface area contributed by atoms with Gasteiger partial charge in [0.05, 0.1) is 15.5 Å². The zero-order valence-electron chi connectivity index (χ0n) is 15.3. The van der Waals surface area contributed by atoms with Crippen LogP contribution >= 0.6 is 51.1 Å². The van der Waals surface area contributed by atoms with Crippen LogP contribution in [0, 0.1) is 0 Å². The minimum Gasteiger partial charge on any atom is -0.462 e. The van der Waals surface area contributed by atoms with Gasteiger partial charge in [-0.3, -0.25) is 19.3 Å². The van der Waals surface area contributed by atoms with Gasteiger partial charge < -0.3 is 9.15 Å². The molecule has 29 heavy (non-hydrogen) atoms. The van der Waals surface area contributed by atoms with E-state index in [0.717, 1.165) is 21.6 Å². The molecular formula is C19H15BrClNO5S2. The number of benzene rings is 1. The number of nitrogens with zero attached hydrogens (tertiary/aromatic N) is 1. The average molecular weight is 517 g/mol. The fourth-order valence-corrected chi connectivity index (χ4v) is 4.59. The van der Waals surface area contributed by atoms with Gasteiger partial charge >= 0.3 is 5.97 Å². The van der Waals surface area contributed by atoms with Crippen molar-refractivity contribution in [2.24, 2.45) is 0 Å². The number of rotatable bonds is 6. The molecule has 0 saturated carbocycles. The van der Waals surface area contributed by atoms with Crippen molar-refractivity contribution in [3.8, 4) is 0 Å². The number of hydrogen-bond donors (Lipinski definition) is 0. The Kier molecular flexibility index (Phi) is 7.15. The summed E-state index contributed by atoms with van der Waals surface area (Å²) in [6.45, 7) is 2.97. The monoisotopic (exact) mass is 515 g/mol. The second-order valence-electron chi connectivity index (χ2n) is 6.15. The van der Waals surface area contributed by atoms with Crippen LogP contribution in [0.3, 0.4) is 0 Å². The van der Waals surface area contributed by atoms with Crippen LogP contribution in [-0.4, -0.2) is 34.7 Å². The Morgan fingerprint density at radius 3 is 2.69 bits per heavy atom. The van der Waals surface area contributed by atoms with Crippen LogP contribution in [0.5, 0.6) is 0 Å². The Labute approximate surface area is 189 Å². The lowest BCUT2D eigenvalue weighted by atomic mass is 10.3. The highest BCUT2D eigenvalue weighted by Gasteiger charge is 2.37. The van der Waals surface area contributed by atoms with E-state index < -0.39 is 23.7 Å². The Bertz CT molecular complexity index is 987. The number of thioether (sulfide) groups is 1. The van der Waals surface area contributed by atoms with Gasteiger partial charge in [-0.1, -0.05) is 23.4 Å². The van der Waals surface area contributed by atoms with Gasteiger partial charge in [0.1, 0.15) is 12.3 Å². The summed E-state index contributed by atoms with van der Waals surface area (Å²) in [4.78, 5) is 38.4. The lowest BCUT2D eigenvalue weighted by molar-refractivity contribution is -0.149. The quantitative estimate of drug-likeness (QED) is 0.353. The van der Waals surface area contributed by atoms with E-state index >= 15 is 0 Å². The lowest BCUT2D eigenvalue weighted by Crippen LogP contribution is -2.35. The Morgan fingerprint density at radius 1 is 1.34 bits per heavy atom. The maximum absolute atomic E-state index is 12.5. The predicted octanol–water partition coefficient (Wildman–Crippen LogP) is 5.83. The second-order valence-corrected chi connectivity index (χ2v) is 9.48. The summed E-state index contributed by atoms with van der Waals surface area (Å²) < 4.78 is 11.5. The Balaban J connectivity index is 1.73. The van der Waals surface area contributed by atoms with Crippen LogP contribution in [0.25, 0.3) is 6.08 Å². The molecule has 0 radical (unpaired) electrons. The molecule has 1 aromatic carbocycles. The average Bonchev–Trinajstić information content (AvgIpc) is 3.10. The van der Waals surface area contributed by atoms with Gasteiger partial charge in [-0.15, -0.1) is 0 Å². The molecule has 0 spiro atoms. The highest BCUT2D eigenvalue weighted by molar-refractivity contribution is 9.10. The zero-order chi connectivity index (χ0) is 21.1. The third-order valence-corrected chi connectivity index (χ3v) is 6.51. The van der Waals surface area contributed by atoms with Gasteiger partial charge in [-0.25, -0.2) is 0 Å². The van der Waals surface area contributed by atoms with Gasteiger partial charge in [-0.2, -0.15) is 0 Å². The number of ether oxygens (including phenoxy) is 1. The van der Waals surface area contributed by atoms with Gasteiger partial charge in [0.25, 0.3) is 11.1 Å². The van der Waals surface area contributed by atoms with Crippen molar-refractivity contribution in [1.29, 1.82) is 0 Å².